The number of hydrogen-bond donors (Lipinski definition) is 1. The molecule has 0 unspecified atom stereocenters. The molecule has 0 bridgehead atoms. The number of thiazole rings is 1. The highest BCUT2D eigenvalue weighted by Gasteiger charge is 2.10. The molecule has 0 fully saturated rings. The summed E-state index contributed by atoms with van der Waals surface area (Å²) in [6.45, 7) is 1.22. The molecule has 2 rings (SSSR count). The maximum atomic E-state index is 11.8. The van der Waals surface area contributed by atoms with Crippen molar-refractivity contribution < 1.29 is 4.79 Å². The molecular weight excluding hydrogens is 224 g/mol. The summed E-state index contributed by atoms with van der Waals surface area (Å²) >= 11 is 1.48. The van der Waals surface area contributed by atoms with E-state index in [1.54, 1.807) is 24.2 Å². The van der Waals surface area contributed by atoms with E-state index in [2.05, 4.69) is 9.97 Å². The lowest BCUT2D eigenvalue weighted by atomic mass is 10.2. The summed E-state index contributed by atoms with van der Waals surface area (Å²) < 4.78 is 1.82. The van der Waals surface area contributed by atoms with E-state index in [1.807, 2.05) is 4.57 Å². The van der Waals surface area contributed by atoms with Crippen molar-refractivity contribution in [2.75, 3.05) is 6.54 Å². The van der Waals surface area contributed by atoms with Gasteiger partial charge in [0.15, 0.2) is 5.78 Å². The van der Waals surface area contributed by atoms with Crippen LogP contribution in [0.3, 0.4) is 0 Å². The van der Waals surface area contributed by atoms with Gasteiger partial charge in [0.25, 0.3) is 0 Å². The molecule has 2 aromatic rings. The van der Waals surface area contributed by atoms with E-state index in [4.69, 9.17) is 5.73 Å². The number of hydrogen-bond acceptors (Lipinski definition) is 5. The van der Waals surface area contributed by atoms with E-state index in [-0.39, 0.29) is 5.78 Å². The largest absolute Gasteiger partial charge is 0.335 e. The second-order valence-electron chi connectivity index (χ2n) is 3.35. The van der Waals surface area contributed by atoms with Gasteiger partial charge in [-0.3, -0.25) is 9.78 Å². The third-order valence-corrected chi connectivity index (χ3v) is 2.90. The second-order valence-corrected chi connectivity index (χ2v) is 4.32. The Balaban J connectivity index is 2.03. The number of Topliss-reactive ketones (excluding diaryl/α,β-unsaturated/α-hetero) is 1. The fourth-order valence-corrected chi connectivity index (χ4v) is 1.95. The first kappa shape index (κ1) is 11.0. The summed E-state index contributed by atoms with van der Waals surface area (Å²) in [6, 6.07) is 0. The Hall–Kier alpha value is -1.53. The molecule has 6 heteroatoms. The predicted octanol–water partition coefficient (Wildman–Crippen LogP) is 0.724. The van der Waals surface area contributed by atoms with Crippen molar-refractivity contribution in [1.82, 2.24) is 14.5 Å². The Labute approximate surface area is 96.9 Å². The Morgan fingerprint density at radius 1 is 1.56 bits per heavy atom. The van der Waals surface area contributed by atoms with Crippen molar-refractivity contribution in [3.05, 3.63) is 34.8 Å². The number of aromatic nitrogens is 3. The molecular formula is C10H12N4OS. The van der Waals surface area contributed by atoms with Crippen LogP contribution in [0.2, 0.25) is 0 Å². The number of nitrogens with two attached hydrogens (primary N) is 1. The number of imidazole rings is 1. The molecule has 2 aromatic heterocycles. The second kappa shape index (κ2) is 5.00. The SMILES string of the molecule is NCCn1cnc(C(=O)Cc2cncs2)c1. The highest BCUT2D eigenvalue weighted by Crippen LogP contribution is 2.09. The van der Waals surface area contributed by atoms with Crippen LogP contribution >= 0.6 is 11.3 Å². The molecule has 84 valence electrons. The molecule has 0 atom stereocenters. The lowest BCUT2D eigenvalue weighted by molar-refractivity contribution is 0.0989. The van der Waals surface area contributed by atoms with Gasteiger partial charge in [0.05, 0.1) is 11.8 Å². The van der Waals surface area contributed by atoms with Crippen molar-refractivity contribution >= 4 is 17.1 Å². The number of carbonyl (C=O) groups excluding carboxylic acids is 1. The zero-order valence-corrected chi connectivity index (χ0v) is 9.48. The van der Waals surface area contributed by atoms with Crippen molar-refractivity contribution in [2.24, 2.45) is 5.73 Å². The standard InChI is InChI=1S/C10H12N4OS/c11-1-2-14-5-9(13-6-14)10(15)3-8-4-12-7-16-8/h4-7H,1-3,11H2. The third kappa shape index (κ3) is 2.53. The molecule has 0 aromatic carbocycles. The van der Waals surface area contributed by atoms with Gasteiger partial charge in [0.1, 0.15) is 5.69 Å². The molecule has 0 spiro atoms. The number of rotatable bonds is 5. The van der Waals surface area contributed by atoms with Gasteiger partial charge in [-0.05, 0) is 0 Å². The summed E-state index contributed by atoms with van der Waals surface area (Å²) in [4.78, 5) is 20.7. The van der Waals surface area contributed by atoms with Gasteiger partial charge in [-0.1, -0.05) is 0 Å². The van der Waals surface area contributed by atoms with E-state index < -0.39 is 0 Å². The minimum atomic E-state index is 0.0139. The molecule has 0 aliphatic heterocycles. The van der Waals surface area contributed by atoms with Gasteiger partial charge in [-0.2, -0.15) is 0 Å². The summed E-state index contributed by atoms with van der Waals surface area (Å²) in [6.07, 6.45) is 5.44. The highest BCUT2D eigenvalue weighted by atomic mass is 32.1. The molecule has 2 heterocycles. The van der Waals surface area contributed by atoms with Crippen LogP contribution in [-0.2, 0) is 13.0 Å². The van der Waals surface area contributed by atoms with E-state index >= 15 is 0 Å². The lowest BCUT2D eigenvalue weighted by Crippen LogP contribution is -2.08. The Kier molecular flexibility index (Phi) is 3.43. The first-order valence-electron chi connectivity index (χ1n) is 4.92. The number of nitrogens with zero attached hydrogens (tertiary/aromatic N) is 3. The van der Waals surface area contributed by atoms with Gasteiger partial charge in [0, 0.05) is 36.8 Å². The quantitative estimate of drug-likeness (QED) is 0.776. The van der Waals surface area contributed by atoms with Crippen molar-refractivity contribution in [3.63, 3.8) is 0 Å². The van der Waals surface area contributed by atoms with Gasteiger partial charge < -0.3 is 10.3 Å². The Morgan fingerprint density at radius 2 is 2.44 bits per heavy atom. The molecule has 16 heavy (non-hydrogen) atoms. The van der Waals surface area contributed by atoms with Crippen LogP contribution in [0.5, 0.6) is 0 Å². The fourth-order valence-electron chi connectivity index (χ4n) is 1.35. The summed E-state index contributed by atoms with van der Waals surface area (Å²) in [5.74, 6) is 0.0139. The predicted molar refractivity (Wildman–Crippen MR) is 61.4 cm³/mol. The van der Waals surface area contributed by atoms with E-state index in [9.17, 15) is 4.79 Å². The van der Waals surface area contributed by atoms with Gasteiger partial charge in [-0.15, -0.1) is 11.3 Å². The van der Waals surface area contributed by atoms with Crippen molar-refractivity contribution in [3.8, 4) is 0 Å². The van der Waals surface area contributed by atoms with Crippen LogP contribution in [0.15, 0.2) is 24.2 Å². The smallest absolute Gasteiger partial charge is 0.187 e. The number of carbonyl (C=O) groups is 1. The van der Waals surface area contributed by atoms with E-state index in [0.29, 0.717) is 25.2 Å². The van der Waals surface area contributed by atoms with Crippen LogP contribution in [0.4, 0.5) is 0 Å². The lowest BCUT2D eigenvalue weighted by Gasteiger charge is -1.95. The highest BCUT2D eigenvalue weighted by molar-refractivity contribution is 7.09. The Bertz CT molecular complexity index is 463. The zero-order valence-electron chi connectivity index (χ0n) is 8.67. The van der Waals surface area contributed by atoms with Crippen LogP contribution in [0.25, 0.3) is 0 Å². The average Bonchev–Trinajstić information content (AvgIpc) is 2.89. The van der Waals surface area contributed by atoms with E-state index in [0.717, 1.165) is 4.88 Å². The monoisotopic (exact) mass is 236 g/mol. The molecule has 2 N–H and O–H groups in total. The maximum Gasteiger partial charge on any atom is 0.187 e. The minimum absolute atomic E-state index is 0.0139. The number of ketones is 1. The van der Waals surface area contributed by atoms with Gasteiger partial charge in [-0.25, -0.2) is 4.98 Å². The van der Waals surface area contributed by atoms with Gasteiger partial charge in [0.2, 0.25) is 0 Å². The average molecular weight is 236 g/mol. The van der Waals surface area contributed by atoms with Gasteiger partial charge >= 0.3 is 0 Å². The molecule has 0 radical (unpaired) electrons. The summed E-state index contributed by atoms with van der Waals surface area (Å²) in [5.41, 5.74) is 7.62. The van der Waals surface area contributed by atoms with Crippen molar-refractivity contribution in [1.29, 1.82) is 0 Å². The van der Waals surface area contributed by atoms with E-state index in [1.165, 1.54) is 11.3 Å². The maximum absolute atomic E-state index is 11.8. The van der Waals surface area contributed by atoms with Crippen LogP contribution in [-0.4, -0.2) is 26.9 Å². The van der Waals surface area contributed by atoms with Crippen LogP contribution in [0, 0.1) is 0 Å². The van der Waals surface area contributed by atoms with Crippen LogP contribution in [0.1, 0.15) is 15.4 Å². The summed E-state index contributed by atoms with van der Waals surface area (Å²) in [5, 5.41) is 0. The summed E-state index contributed by atoms with van der Waals surface area (Å²) in [7, 11) is 0. The van der Waals surface area contributed by atoms with Crippen LogP contribution < -0.4 is 5.73 Å². The molecule has 0 aliphatic carbocycles. The molecule has 0 saturated heterocycles. The molecule has 5 nitrogen and oxygen atoms in total. The normalized spacial score (nSPS) is 10.6. The molecule has 0 saturated carbocycles. The topological polar surface area (TPSA) is 73.8 Å². The third-order valence-electron chi connectivity index (χ3n) is 2.12. The minimum Gasteiger partial charge on any atom is -0.335 e. The molecule has 0 aliphatic rings. The fraction of sp³-hybridized carbons (Fsp3) is 0.300. The Morgan fingerprint density at radius 3 is 3.12 bits per heavy atom. The zero-order chi connectivity index (χ0) is 11.4. The first-order chi connectivity index (χ1) is 7.79. The first-order valence-corrected chi connectivity index (χ1v) is 5.80. The van der Waals surface area contributed by atoms with Crippen molar-refractivity contribution in [2.45, 2.75) is 13.0 Å². The molecule has 0 amide bonds.